The van der Waals surface area contributed by atoms with E-state index in [4.69, 9.17) is 10.2 Å². The molecule has 0 aromatic heterocycles. The van der Waals surface area contributed by atoms with Crippen molar-refractivity contribution in [2.45, 2.75) is 30.4 Å². The molecule has 1 saturated heterocycles. The van der Waals surface area contributed by atoms with Crippen molar-refractivity contribution in [1.82, 2.24) is 0 Å². The molecular weight excluding hydrogens is 228 g/mol. The first-order valence-electron chi connectivity index (χ1n) is 4.26. The first kappa shape index (κ1) is 13.1. The Morgan fingerprint density at radius 1 is 1.31 bits per heavy atom. The molecule has 1 aliphatic rings. The molecule has 0 saturated carbocycles. The van der Waals surface area contributed by atoms with Gasteiger partial charge in [-0.2, -0.15) is 0 Å². The highest BCUT2D eigenvalue weighted by Gasteiger charge is 2.54. The number of hydrogen-bond donors (Lipinski definition) is 6. The third kappa shape index (κ3) is 2.24. The average Bonchev–Trinajstić information content (AvgIpc) is 2.22. The zero-order valence-corrected chi connectivity index (χ0v) is 7.92. The number of aliphatic hydroxyl groups is 5. The minimum absolute atomic E-state index is 1.11. The normalized spacial score (nSPS) is 44.1. The molecule has 6 N–H and O–H groups in total. The Labute approximate surface area is 89.1 Å². The Morgan fingerprint density at radius 3 is 2.31 bits per heavy atom. The van der Waals surface area contributed by atoms with E-state index < -0.39 is 43.2 Å². The highest BCUT2D eigenvalue weighted by atomic mass is 16.8. The quantitative estimate of drug-likeness (QED) is 0.273. The van der Waals surface area contributed by atoms with E-state index in [9.17, 15) is 25.2 Å². The molecule has 0 radical (unpaired) electrons. The maximum atomic E-state index is 10.2. The summed E-state index contributed by atoms with van der Waals surface area (Å²) in [5.41, 5.74) is 0. The Kier molecular flexibility index (Phi) is 3.68. The first-order valence-corrected chi connectivity index (χ1v) is 4.26. The molecule has 0 bridgehead atoms. The molecule has 1 heterocycles. The zero-order chi connectivity index (χ0) is 12.5. The fourth-order valence-electron chi connectivity index (χ4n) is 1.28. The Hall–Kier alpha value is -0.970. The third-order valence-corrected chi connectivity index (χ3v) is 2.18. The second-order valence-corrected chi connectivity index (χ2v) is 3.30. The highest BCUT2D eigenvalue weighted by Crippen LogP contribution is 2.28. The van der Waals surface area contributed by atoms with Crippen LogP contribution in [0.3, 0.4) is 0 Å². The summed E-state index contributed by atoms with van der Waals surface area (Å²) in [5, 5.41) is 54.3. The summed E-state index contributed by atoms with van der Waals surface area (Å²) in [6.07, 6.45) is -9.52. The monoisotopic (exact) mass is 240 g/mol. The van der Waals surface area contributed by atoms with Crippen LogP contribution in [0.1, 0.15) is 0 Å². The molecule has 1 aliphatic heterocycles. The van der Waals surface area contributed by atoms with Crippen LogP contribution in [-0.4, -0.2) is 73.8 Å². The van der Waals surface area contributed by atoms with Crippen molar-refractivity contribution in [1.29, 1.82) is 0 Å². The number of hydrogen-bond acceptors (Lipinski definition) is 8. The van der Waals surface area contributed by atoms with Gasteiger partial charge in [0.15, 0.2) is 0 Å². The van der Waals surface area contributed by atoms with Crippen LogP contribution < -0.4 is 0 Å². The van der Waals surface area contributed by atoms with Gasteiger partial charge in [0, 0.05) is 0 Å². The first-order chi connectivity index (χ1) is 7.31. The van der Waals surface area contributed by atoms with Crippen molar-refractivity contribution >= 4 is 6.16 Å². The summed E-state index contributed by atoms with van der Waals surface area (Å²) in [6, 6.07) is 0. The lowest BCUT2D eigenvalue weighted by Gasteiger charge is -2.43. The van der Waals surface area contributed by atoms with Crippen LogP contribution in [0.5, 0.6) is 0 Å². The van der Waals surface area contributed by atoms with Crippen LogP contribution in [0.4, 0.5) is 4.79 Å². The Balaban J connectivity index is 2.85. The van der Waals surface area contributed by atoms with E-state index in [0.29, 0.717) is 0 Å². The lowest BCUT2D eigenvalue weighted by atomic mass is 9.96. The smallest absolute Gasteiger partial charge is 0.450 e. The van der Waals surface area contributed by atoms with Gasteiger partial charge < -0.3 is 40.1 Å². The van der Waals surface area contributed by atoms with Crippen LogP contribution in [0.2, 0.25) is 0 Å². The van der Waals surface area contributed by atoms with E-state index in [2.05, 4.69) is 9.47 Å². The van der Waals surface area contributed by atoms with Crippen molar-refractivity contribution in [2.75, 3.05) is 6.61 Å². The van der Waals surface area contributed by atoms with Crippen molar-refractivity contribution in [3.05, 3.63) is 0 Å². The van der Waals surface area contributed by atoms with Crippen molar-refractivity contribution in [3.63, 3.8) is 0 Å². The van der Waals surface area contributed by atoms with Crippen molar-refractivity contribution < 1.29 is 44.9 Å². The molecular formula is C7H12O9. The number of carbonyl (C=O) groups is 1. The van der Waals surface area contributed by atoms with Gasteiger partial charge in [-0.3, -0.25) is 0 Å². The lowest BCUT2D eigenvalue weighted by molar-refractivity contribution is -0.389. The van der Waals surface area contributed by atoms with Crippen LogP contribution >= 0.6 is 0 Å². The summed E-state index contributed by atoms with van der Waals surface area (Å²) < 4.78 is 8.49. The number of rotatable bonds is 2. The topological polar surface area (TPSA) is 157 Å². The molecule has 0 spiro atoms. The Morgan fingerprint density at radius 2 is 1.88 bits per heavy atom. The zero-order valence-electron chi connectivity index (χ0n) is 7.92. The number of ether oxygens (including phenoxy) is 2. The number of carboxylic acid groups (broad SMARTS) is 1. The minimum atomic E-state index is -2.60. The van der Waals surface area contributed by atoms with Crippen LogP contribution in [-0.2, 0) is 9.47 Å². The molecule has 16 heavy (non-hydrogen) atoms. The summed E-state index contributed by atoms with van der Waals surface area (Å²) in [4.78, 5) is 10.2. The maximum Gasteiger partial charge on any atom is 0.508 e. The molecule has 9 heteroatoms. The molecule has 0 amide bonds. The lowest BCUT2D eigenvalue weighted by Crippen LogP contribution is -2.66. The fraction of sp³-hybridized carbons (Fsp3) is 0.857. The molecule has 0 aliphatic carbocycles. The molecule has 0 aromatic rings. The van der Waals surface area contributed by atoms with Gasteiger partial charge in [-0.15, -0.1) is 0 Å². The summed E-state index contributed by atoms with van der Waals surface area (Å²) in [5.74, 6) is -2.60. The van der Waals surface area contributed by atoms with Gasteiger partial charge in [-0.25, -0.2) is 4.79 Å². The summed E-state index contributed by atoms with van der Waals surface area (Å²) in [6.45, 7) is -1.11. The molecule has 1 rings (SSSR count). The van der Waals surface area contributed by atoms with Gasteiger partial charge in [0.25, 0.3) is 0 Å². The standard InChI is InChI=1S/C7H12O9/c8-1-7(14)4(11)2(9)3(10)5(16-7)15-6(12)13/h2-5,8-11,14H,1H2,(H,12,13)/t2-,3+,4+,5?,7+/m1/s1. The van der Waals surface area contributed by atoms with Crippen molar-refractivity contribution in [2.24, 2.45) is 0 Å². The van der Waals surface area contributed by atoms with E-state index in [1.807, 2.05) is 0 Å². The average molecular weight is 240 g/mol. The number of aliphatic hydroxyl groups excluding tert-OH is 4. The van der Waals surface area contributed by atoms with Gasteiger partial charge in [0.2, 0.25) is 12.1 Å². The van der Waals surface area contributed by atoms with E-state index >= 15 is 0 Å². The van der Waals surface area contributed by atoms with Gasteiger partial charge >= 0.3 is 6.16 Å². The van der Waals surface area contributed by atoms with Crippen molar-refractivity contribution in [3.8, 4) is 0 Å². The fourth-order valence-corrected chi connectivity index (χ4v) is 1.28. The summed E-state index contributed by atoms with van der Waals surface area (Å²) in [7, 11) is 0. The van der Waals surface area contributed by atoms with E-state index in [-0.39, 0.29) is 0 Å². The third-order valence-electron chi connectivity index (χ3n) is 2.18. The second kappa shape index (κ2) is 4.49. The predicted octanol–water partition coefficient (Wildman–Crippen LogP) is -3.20. The SMILES string of the molecule is O=C(O)OC1O[C@@](O)(CO)[C@@H](O)[C@H](O)[C@@H]1O. The van der Waals surface area contributed by atoms with Crippen LogP contribution in [0.25, 0.3) is 0 Å². The minimum Gasteiger partial charge on any atom is -0.450 e. The Bertz CT molecular complexity index is 269. The largest absolute Gasteiger partial charge is 0.508 e. The molecule has 9 nitrogen and oxygen atoms in total. The van der Waals surface area contributed by atoms with Gasteiger partial charge in [-0.1, -0.05) is 0 Å². The second-order valence-electron chi connectivity index (χ2n) is 3.30. The highest BCUT2D eigenvalue weighted by molar-refractivity contribution is 5.57. The van der Waals surface area contributed by atoms with E-state index in [0.717, 1.165) is 0 Å². The van der Waals surface area contributed by atoms with Gasteiger partial charge in [0.1, 0.15) is 18.3 Å². The van der Waals surface area contributed by atoms with Gasteiger partial charge in [0.05, 0.1) is 6.61 Å². The summed E-state index contributed by atoms with van der Waals surface area (Å²) >= 11 is 0. The van der Waals surface area contributed by atoms with E-state index in [1.54, 1.807) is 0 Å². The molecule has 0 aromatic carbocycles. The maximum absolute atomic E-state index is 10.2. The molecule has 94 valence electrons. The van der Waals surface area contributed by atoms with Crippen LogP contribution in [0, 0.1) is 0 Å². The molecule has 5 atom stereocenters. The van der Waals surface area contributed by atoms with E-state index in [1.165, 1.54) is 0 Å². The van der Waals surface area contributed by atoms with Crippen LogP contribution in [0.15, 0.2) is 0 Å². The molecule has 1 unspecified atom stereocenters. The predicted molar refractivity (Wildman–Crippen MR) is 44.0 cm³/mol. The van der Waals surface area contributed by atoms with Gasteiger partial charge in [-0.05, 0) is 0 Å². The molecule has 1 fully saturated rings.